The van der Waals surface area contributed by atoms with E-state index in [1.807, 2.05) is 6.92 Å². The van der Waals surface area contributed by atoms with Crippen molar-refractivity contribution in [3.63, 3.8) is 0 Å². The van der Waals surface area contributed by atoms with Gasteiger partial charge in [0.05, 0.1) is 6.10 Å². The predicted octanol–water partition coefficient (Wildman–Crippen LogP) is 1.29. The van der Waals surface area contributed by atoms with E-state index < -0.39 is 0 Å². The number of ether oxygens (including phenoxy) is 1. The first-order valence-corrected chi connectivity index (χ1v) is 4.75. The molecule has 0 bridgehead atoms. The van der Waals surface area contributed by atoms with Crippen LogP contribution < -0.4 is 11.3 Å². The number of hydrogen-bond acceptors (Lipinski definition) is 3. The first kappa shape index (κ1) is 11.9. The van der Waals surface area contributed by atoms with Gasteiger partial charge in [0.15, 0.2) is 0 Å². The predicted molar refractivity (Wildman–Crippen MR) is 51.7 cm³/mol. The van der Waals surface area contributed by atoms with Crippen molar-refractivity contribution in [3.8, 4) is 0 Å². The van der Waals surface area contributed by atoms with E-state index in [9.17, 15) is 0 Å². The molecule has 3 heteroatoms. The lowest BCUT2D eigenvalue weighted by atomic mass is 9.98. The standard InChI is InChI=1S/C9H22N2O/c1-5-8(11-10)9(7(3)4)12-6-2/h7-9,11H,5-6,10H2,1-4H3. The molecule has 0 amide bonds. The van der Waals surface area contributed by atoms with Gasteiger partial charge in [-0.2, -0.15) is 0 Å². The summed E-state index contributed by atoms with van der Waals surface area (Å²) in [5.74, 6) is 5.93. The number of hydrogen-bond donors (Lipinski definition) is 2. The van der Waals surface area contributed by atoms with Gasteiger partial charge in [-0.3, -0.25) is 11.3 Å². The number of hydrazine groups is 1. The van der Waals surface area contributed by atoms with Crippen LogP contribution in [0.3, 0.4) is 0 Å². The molecule has 0 aromatic heterocycles. The zero-order valence-electron chi connectivity index (χ0n) is 8.63. The fourth-order valence-electron chi connectivity index (χ4n) is 1.41. The van der Waals surface area contributed by atoms with Crippen molar-refractivity contribution in [2.24, 2.45) is 11.8 Å². The van der Waals surface area contributed by atoms with E-state index in [4.69, 9.17) is 10.6 Å². The Bertz CT molecular complexity index is 103. The van der Waals surface area contributed by atoms with Crippen LogP contribution in [0.25, 0.3) is 0 Å². The van der Waals surface area contributed by atoms with Crippen LogP contribution in [0.1, 0.15) is 34.1 Å². The van der Waals surface area contributed by atoms with Gasteiger partial charge in [-0.25, -0.2) is 0 Å². The Balaban J connectivity index is 4.05. The zero-order chi connectivity index (χ0) is 9.56. The monoisotopic (exact) mass is 174 g/mol. The maximum atomic E-state index is 5.60. The maximum Gasteiger partial charge on any atom is 0.0764 e. The van der Waals surface area contributed by atoms with Crippen molar-refractivity contribution < 1.29 is 4.74 Å². The first-order valence-electron chi connectivity index (χ1n) is 4.75. The van der Waals surface area contributed by atoms with Crippen molar-refractivity contribution in [3.05, 3.63) is 0 Å². The van der Waals surface area contributed by atoms with Crippen LogP contribution in [0, 0.1) is 5.92 Å². The summed E-state index contributed by atoms with van der Waals surface area (Å²) in [6.45, 7) is 9.18. The first-order chi connectivity index (χ1) is 5.67. The summed E-state index contributed by atoms with van der Waals surface area (Å²) in [6.07, 6.45) is 1.23. The zero-order valence-corrected chi connectivity index (χ0v) is 8.63. The van der Waals surface area contributed by atoms with Crippen molar-refractivity contribution in [2.45, 2.75) is 46.3 Å². The fourth-order valence-corrected chi connectivity index (χ4v) is 1.41. The third-order valence-corrected chi connectivity index (χ3v) is 2.07. The molecule has 0 saturated carbocycles. The minimum Gasteiger partial charge on any atom is -0.377 e. The van der Waals surface area contributed by atoms with Gasteiger partial charge in [0.1, 0.15) is 0 Å². The summed E-state index contributed by atoms with van der Waals surface area (Å²) < 4.78 is 5.60. The molecule has 0 aromatic carbocycles. The number of rotatable bonds is 6. The van der Waals surface area contributed by atoms with Gasteiger partial charge >= 0.3 is 0 Å². The van der Waals surface area contributed by atoms with Gasteiger partial charge < -0.3 is 4.74 Å². The largest absolute Gasteiger partial charge is 0.377 e. The Labute approximate surface area is 75.6 Å². The summed E-state index contributed by atoms with van der Waals surface area (Å²) in [5.41, 5.74) is 2.79. The summed E-state index contributed by atoms with van der Waals surface area (Å²) in [4.78, 5) is 0. The lowest BCUT2D eigenvalue weighted by Crippen LogP contribution is -2.47. The second kappa shape index (κ2) is 6.40. The van der Waals surface area contributed by atoms with E-state index in [2.05, 4.69) is 26.2 Å². The van der Waals surface area contributed by atoms with Crippen molar-refractivity contribution in [1.29, 1.82) is 0 Å². The molecule has 74 valence electrons. The minimum atomic E-state index is 0.227. The molecule has 0 rings (SSSR count). The highest BCUT2D eigenvalue weighted by molar-refractivity contribution is 4.76. The second-order valence-corrected chi connectivity index (χ2v) is 3.35. The molecule has 0 heterocycles. The van der Waals surface area contributed by atoms with Gasteiger partial charge in [0.2, 0.25) is 0 Å². The third kappa shape index (κ3) is 3.52. The molecule has 2 unspecified atom stereocenters. The maximum absolute atomic E-state index is 5.60. The molecule has 0 saturated heterocycles. The fraction of sp³-hybridized carbons (Fsp3) is 1.00. The Morgan fingerprint density at radius 2 is 1.92 bits per heavy atom. The van der Waals surface area contributed by atoms with Crippen molar-refractivity contribution in [2.75, 3.05) is 6.61 Å². The van der Waals surface area contributed by atoms with Crippen molar-refractivity contribution in [1.82, 2.24) is 5.43 Å². The Morgan fingerprint density at radius 1 is 1.33 bits per heavy atom. The van der Waals surface area contributed by atoms with Gasteiger partial charge in [0, 0.05) is 12.6 Å². The minimum absolute atomic E-state index is 0.227. The van der Waals surface area contributed by atoms with Crippen LogP contribution in [0.5, 0.6) is 0 Å². The summed E-state index contributed by atoms with van der Waals surface area (Å²) in [5, 5.41) is 0. The van der Waals surface area contributed by atoms with E-state index in [1.165, 1.54) is 0 Å². The van der Waals surface area contributed by atoms with E-state index in [-0.39, 0.29) is 12.1 Å². The normalized spacial score (nSPS) is 16.5. The molecular formula is C9H22N2O. The molecule has 0 aliphatic carbocycles. The Hall–Kier alpha value is -0.120. The molecule has 0 aliphatic heterocycles. The highest BCUT2D eigenvalue weighted by atomic mass is 16.5. The molecule has 0 radical (unpaired) electrons. The summed E-state index contributed by atoms with van der Waals surface area (Å²) >= 11 is 0. The SMILES string of the molecule is CCOC(C(C)C)C(CC)NN. The van der Waals surface area contributed by atoms with Crippen molar-refractivity contribution >= 4 is 0 Å². The molecular weight excluding hydrogens is 152 g/mol. The Kier molecular flexibility index (Phi) is 6.34. The average Bonchev–Trinajstić information content (AvgIpc) is 2.05. The molecule has 0 spiro atoms. The number of nitrogens with one attached hydrogen (secondary N) is 1. The van der Waals surface area contributed by atoms with Gasteiger partial charge in [-0.1, -0.05) is 20.8 Å². The number of nitrogens with two attached hydrogens (primary N) is 1. The van der Waals surface area contributed by atoms with E-state index >= 15 is 0 Å². The highest BCUT2D eigenvalue weighted by Gasteiger charge is 2.21. The van der Waals surface area contributed by atoms with Gasteiger partial charge in [-0.15, -0.1) is 0 Å². The topological polar surface area (TPSA) is 47.3 Å². The Morgan fingerprint density at radius 3 is 2.17 bits per heavy atom. The van der Waals surface area contributed by atoms with Crippen LogP contribution in [-0.2, 0) is 4.74 Å². The third-order valence-electron chi connectivity index (χ3n) is 2.07. The quantitative estimate of drug-likeness (QED) is 0.471. The van der Waals surface area contributed by atoms with Gasteiger partial charge in [0.25, 0.3) is 0 Å². The molecule has 0 aliphatic rings. The highest BCUT2D eigenvalue weighted by Crippen LogP contribution is 2.12. The molecule has 0 aromatic rings. The molecule has 0 fully saturated rings. The van der Waals surface area contributed by atoms with Crippen LogP contribution in [-0.4, -0.2) is 18.8 Å². The smallest absolute Gasteiger partial charge is 0.0764 e. The van der Waals surface area contributed by atoms with Gasteiger partial charge in [-0.05, 0) is 19.3 Å². The summed E-state index contributed by atoms with van der Waals surface area (Å²) in [6, 6.07) is 0.268. The average molecular weight is 174 g/mol. The van der Waals surface area contributed by atoms with Crippen LogP contribution in [0.2, 0.25) is 0 Å². The van der Waals surface area contributed by atoms with Crippen LogP contribution in [0.4, 0.5) is 0 Å². The lowest BCUT2D eigenvalue weighted by molar-refractivity contribution is 0.00261. The van der Waals surface area contributed by atoms with E-state index in [1.54, 1.807) is 0 Å². The van der Waals surface area contributed by atoms with E-state index in [0.29, 0.717) is 5.92 Å². The molecule has 3 nitrogen and oxygen atoms in total. The van der Waals surface area contributed by atoms with Crippen LogP contribution in [0.15, 0.2) is 0 Å². The lowest BCUT2D eigenvalue weighted by Gasteiger charge is -2.28. The molecule has 3 N–H and O–H groups in total. The van der Waals surface area contributed by atoms with E-state index in [0.717, 1.165) is 13.0 Å². The second-order valence-electron chi connectivity index (χ2n) is 3.35. The summed E-state index contributed by atoms with van der Waals surface area (Å²) in [7, 11) is 0. The molecule has 2 atom stereocenters. The van der Waals surface area contributed by atoms with Crippen LogP contribution >= 0.6 is 0 Å². The molecule has 12 heavy (non-hydrogen) atoms.